The summed E-state index contributed by atoms with van der Waals surface area (Å²) in [4.78, 5) is 17.5. The van der Waals surface area contributed by atoms with Gasteiger partial charge in [-0.3, -0.25) is 4.98 Å². The number of aryl methyl sites for hydroxylation is 1. The highest BCUT2D eigenvalue weighted by molar-refractivity contribution is 7.90. The Morgan fingerprint density at radius 1 is 1.16 bits per heavy atom. The van der Waals surface area contributed by atoms with Crippen LogP contribution in [0.15, 0.2) is 5.03 Å². The second-order valence-corrected chi connectivity index (χ2v) is 9.99. The van der Waals surface area contributed by atoms with Gasteiger partial charge in [0.15, 0.2) is 0 Å². The fraction of sp³-hybridized carbons (Fsp3) is 0.550. The molecule has 1 unspecified atom stereocenters. The third-order valence-electron chi connectivity index (χ3n) is 6.29. The Morgan fingerprint density at radius 2 is 1.94 bits per heavy atom. The van der Waals surface area contributed by atoms with E-state index in [-0.39, 0.29) is 35.1 Å². The minimum atomic E-state index is -4.50. The first-order chi connectivity index (χ1) is 15.3. The van der Waals surface area contributed by atoms with Crippen molar-refractivity contribution in [2.45, 2.75) is 69.4 Å². The van der Waals surface area contributed by atoms with E-state index in [9.17, 15) is 22.0 Å². The summed E-state index contributed by atoms with van der Waals surface area (Å²) in [5, 5.41) is 5.66. The average Bonchev–Trinajstić information content (AvgIpc) is 3.45. The number of amides is 2. The van der Waals surface area contributed by atoms with Crippen molar-refractivity contribution in [1.82, 2.24) is 19.5 Å². The predicted molar refractivity (Wildman–Crippen MR) is 110 cm³/mol. The van der Waals surface area contributed by atoms with E-state index < -0.39 is 27.6 Å². The first kappa shape index (κ1) is 21.1. The van der Waals surface area contributed by atoms with E-state index in [4.69, 9.17) is 9.72 Å². The van der Waals surface area contributed by atoms with Gasteiger partial charge < -0.3 is 10.1 Å². The number of fused-ring (bicyclic) bond motifs is 3. The van der Waals surface area contributed by atoms with Crippen LogP contribution in [0.3, 0.4) is 0 Å². The number of ether oxygens (including phenoxy) is 1. The number of nitrogens with one attached hydrogen (secondary N) is 2. The monoisotopic (exact) mass is 467 g/mol. The van der Waals surface area contributed by atoms with Gasteiger partial charge in [-0.2, -0.15) is 27.0 Å². The molecule has 0 saturated heterocycles. The molecule has 2 amide bonds. The smallest absolute Gasteiger partial charge is 0.336 e. The molecule has 0 radical (unpaired) electrons. The minimum Gasteiger partial charge on any atom is -0.477 e. The second kappa shape index (κ2) is 7.68. The lowest BCUT2D eigenvalue weighted by molar-refractivity contribution is 0.0432. The highest BCUT2D eigenvalue weighted by Crippen LogP contribution is 2.41. The first-order valence-corrected chi connectivity index (χ1v) is 12.1. The molecule has 2 N–H and O–H groups in total. The fourth-order valence-corrected chi connectivity index (χ4v) is 5.93. The van der Waals surface area contributed by atoms with Gasteiger partial charge in [0.2, 0.25) is 10.9 Å². The van der Waals surface area contributed by atoms with Crippen LogP contribution in [0.5, 0.6) is 5.88 Å². The van der Waals surface area contributed by atoms with E-state index in [0.29, 0.717) is 12.1 Å². The van der Waals surface area contributed by atoms with Gasteiger partial charge in [0.1, 0.15) is 0 Å². The number of rotatable bonds is 4. The van der Waals surface area contributed by atoms with E-state index in [1.165, 1.54) is 0 Å². The van der Waals surface area contributed by atoms with Crippen molar-refractivity contribution in [3.8, 4) is 5.88 Å². The number of nitrogens with zero attached hydrogens (tertiary/aromatic N) is 3. The SMILES string of the molecule is CC1CCc2c1nc1c(c2NC(=O)NS(=O)(=O)c2nn(C(F)F)c3c2CCCO3)CCC1. The van der Waals surface area contributed by atoms with Gasteiger partial charge in [-0.1, -0.05) is 6.92 Å². The highest BCUT2D eigenvalue weighted by atomic mass is 32.2. The maximum absolute atomic E-state index is 13.3. The van der Waals surface area contributed by atoms with Crippen LogP contribution in [0.25, 0.3) is 0 Å². The van der Waals surface area contributed by atoms with Crippen LogP contribution in [-0.2, 0) is 35.7 Å². The molecular weight excluding hydrogens is 444 g/mol. The lowest BCUT2D eigenvalue weighted by Gasteiger charge is -2.17. The molecule has 172 valence electrons. The number of carbonyl (C=O) groups is 1. The molecular formula is C20H23F2N5O4S. The zero-order chi connectivity index (χ0) is 22.6. The third kappa shape index (κ3) is 3.40. The molecule has 32 heavy (non-hydrogen) atoms. The van der Waals surface area contributed by atoms with Crippen LogP contribution in [0.2, 0.25) is 0 Å². The summed E-state index contributed by atoms with van der Waals surface area (Å²) in [6.45, 7) is -0.794. The van der Waals surface area contributed by atoms with E-state index in [2.05, 4.69) is 17.3 Å². The largest absolute Gasteiger partial charge is 0.477 e. The number of alkyl halides is 2. The van der Waals surface area contributed by atoms with Crippen LogP contribution >= 0.6 is 0 Å². The van der Waals surface area contributed by atoms with Crippen LogP contribution in [0.1, 0.15) is 66.7 Å². The van der Waals surface area contributed by atoms with Crippen molar-refractivity contribution in [2.24, 2.45) is 0 Å². The number of carbonyl (C=O) groups excluding carboxylic acids is 1. The Bertz CT molecular complexity index is 1210. The van der Waals surface area contributed by atoms with Gasteiger partial charge in [0, 0.05) is 11.4 Å². The fourth-order valence-electron chi connectivity index (χ4n) is 4.83. The Balaban J connectivity index is 1.44. The Hall–Kier alpha value is -2.76. The standard InChI is InChI=1S/C20H23F2N5O4S/c1-10-7-8-12-15(10)23-14-6-2-4-11(14)16(12)24-20(28)26-32(29,30)17-13-5-3-9-31-18(13)27(25-17)19(21)22/h10,19H,2-9H2,1H3,(H2,23,24,26,28). The lowest BCUT2D eigenvalue weighted by Crippen LogP contribution is -2.35. The predicted octanol–water partition coefficient (Wildman–Crippen LogP) is 3.05. The maximum atomic E-state index is 13.3. The number of hydrogen-bond acceptors (Lipinski definition) is 6. The van der Waals surface area contributed by atoms with Gasteiger partial charge in [-0.05, 0) is 62.0 Å². The van der Waals surface area contributed by atoms with Crippen molar-refractivity contribution < 1.29 is 26.7 Å². The lowest BCUT2D eigenvalue weighted by atomic mass is 10.0. The Kier molecular flexibility index (Phi) is 5.06. The van der Waals surface area contributed by atoms with Gasteiger partial charge in [-0.15, -0.1) is 0 Å². The summed E-state index contributed by atoms with van der Waals surface area (Å²) in [6, 6.07) is -0.955. The molecule has 1 aliphatic heterocycles. The normalized spacial score (nSPS) is 19.3. The first-order valence-electron chi connectivity index (χ1n) is 10.7. The maximum Gasteiger partial charge on any atom is 0.336 e. The molecule has 2 aromatic rings. The Morgan fingerprint density at radius 3 is 2.72 bits per heavy atom. The summed E-state index contributed by atoms with van der Waals surface area (Å²) in [5.41, 5.74) is 4.46. The Labute approximate surface area is 183 Å². The molecule has 2 aliphatic carbocycles. The van der Waals surface area contributed by atoms with E-state index in [1.54, 1.807) is 0 Å². The highest BCUT2D eigenvalue weighted by Gasteiger charge is 2.35. The van der Waals surface area contributed by atoms with Crippen LogP contribution < -0.4 is 14.8 Å². The van der Waals surface area contributed by atoms with E-state index in [0.717, 1.165) is 54.6 Å². The molecule has 2 aromatic heterocycles. The number of urea groups is 1. The number of pyridine rings is 1. The summed E-state index contributed by atoms with van der Waals surface area (Å²) in [7, 11) is -4.50. The van der Waals surface area contributed by atoms with Crippen molar-refractivity contribution in [3.05, 3.63) is 28.1 Å². The third-order valence-corrected chi connectivity index (χ3v) is 7.58. The van der Waals surface area contributed by atoms with Crippen LogP contribution in [0, 0.1) is 0 Å². The average molecular weight is 467 g/mol. The number of anilines is 1. The van der Waals surface area contributed by atoms with Crippen molar-refractivity contribution in [2.75, 3.05) is 11.9 Å². The zero-order valence-corrected chi connectivity index (χ0v) is 18.3. The zero-order valence-electron chi connectivity index (χ0n) is 17.5. The van der Waals surface area contributed by atoms with Crippen molar-refractivity contribution in [3.63, 3.8) is 0 Å². The van der Waals surface area contributed by atoms with E-state index in [1.807, 2.05) is 4.72 Å². The van der Waals surface area contributed by atoms with Gasteiger partial charge >= 0.3 is 12.6 Å². The molecule has 9 nitrogen and oxygen atoms in total. The molecule has 3 heterocycles. The molecule has 0 saturated carbocycles. The minimum absolute atomic E-state index is 0.0522. The quantitative estimate of drug-likeness (QED) is 0.714. The number of sulfonamides is 1. The number of aromatic nitrogens is 3. The molecule has 5 rings (SSSR count). The van der Waals surface area contributed by atoms with E-state index >= 15 is 0 Å². The molecule has 0 fully saturated rings. The van der Waals surface area contributed by atoms with Crippen LogP contribution in [-0.4, -0.2) is 35.8 Å². The van der Waals surface area contributed by atoms with Gasteiger partial charge in [-0.25, -0.2) is 9.52 Å². The summed E-state index contributed by atoms with van der Waals surface area (Å²) >= 11 is 0. The van der Waals surface area contributed by atoms with Gasteiger partial charge in [0.05, 0.1) is 17.9 Å². The van der Waals surface area contributed by atoms with Crippen molar-refractivity contribution in [1.29, 1.82) is 0 Å². The molecule has 3 aliphatic rings. The number of halogens is 2. The van der Waals surface area contributed by atoms with Crippen molar-refractivity contribution >= 4 is 21.7 Å². The second-order valence-electron chi connectivity index (χ2n) is 8.39. The summed E-state index contributed by atoms with van der Waals surface area (Å²) in [5.74, 6) is -0.00104. The number of hydrogen-bond donors (Lipinski definition) is 2. The topological polar surface area (TPSA) is 115 Å². The summed E-state index contributed by atoms with van der Waals surface area (Å²) < 4.78 is 59.8. The van der Waals surface area contributed by atoms with Gasteiger partial charge in [0.25, 0.3) is 10.0 Å². The molecule has 0 spiro atoms. The molecule has 12 heteroatoms. The van der Waals surface area contributed by atoms with Crippen LogP contribution in [0.4, 0.5) is 19.3 Å². The summed E-state index contributed by atoms with van der Waals surface area (Å²) in [6.07, 6.45) is 4.84. The molecule has 0 bridgehead atoms. The molecule has 1 atom stereocenters. The molecule has 0 aromatic carbocycles.